The van der Waals surface area contributed by atoms with Crippen molar-refractivity contribution in [2.45, 2.75) is 12.8 Å². The lowest BCUT2D eigenvalue weighted by atomic mass is 10.2. The van der Waals surface area contributed by atoms with Crippen molar-refractivity contribution < 1.29 is 4.79 Å². The number of hydrogen-bond acceptors (Lipinski definition) is 3. The predicted octanol–water partition coefficient (Wildman–Crippen LogP) is 2.90. The third-order valence-electron chi connectivity index (χ3n) is 2.33. The van der Waals surface area contributed by atoms with E-state index in [9.17, 15) is 4.79 Å². The summed E-state index contributed by atoms with van der Waals surface area (Å²) in [5, 5.41) is 2.89. The molecule has 0 atom stereocenters. The molecule has 1 rings (SSSR count). The second-order valence-corrected chi connectivity index (χ2v) is 5.44. The third kappa shape index (κ3) is 4.60. The molecular weight excluding hydrogens is 300 g/mol. The van der Waals surface area contributed by atoms with Crippen molar-refractivity contribution in [3.05, 3.63) is 28.2 Å². The maximum absolute atomic E-state index is 11.8. The van der Waals surface area contributed by atoms with E-state index in [1.165, 1.54) is 0 Å². The second-order valence-electron chi connectivity index (χ2n) is 3.66. The lowest BCUT2D eigenvalue weighted by Gasteiger charge is -2.08. The Morgan fingerprint density at radius 3 is 2.94 bits per heavy atom. The van der Waals surface area contributed by atoms with Gasteiger partial charge >= 0.3 is 0 Å². The number of nitrogens with two attached hydrogens (primary N) is 1. The molecule has 3 nitrogen and oxygen atoms in total. The van der Waals surface area contributed by atoms with Crippen LogP contribution in [0, 0.1) is 0 Å². The Labute approximate surface area is 115 Å². The van der Waals surface area contributed by atoms with Crippen LogP contribution in [0.1, 0.15) is 23.2 Å². The van der Waals surface area contributed by atoms with Gasteiger partial charge in [-0.15, -0.1) is 0 Å². The number of carbonyl (C=O) groups excluding carboxylic acids is 1. The quantitative estimate of drug-likeness (QED) is 0.626. The Bertz CT molecular complexity index is 385. The molecule has 0 aliphatic carbocycles. The summed E-state index contributed by atoms with van der Waals surface area (Å²) >= 11 is 5.15. The van der Waals surface area contributed by atoms with E-state index in [1.54, 1.807) is 18.2 Å². The fraction of sp³-hybridized carbons (Fsp3) is 0.417. The van der Waals surface area contributed by atoms with Crippen LogP contribution in [0.4, 0.5) is 5.69 Å². The molecule has 0 saturated carbocycles. The number of thioether (sulfide) groups is 1. The highest BCUT2D eigenvalue weighted by Gasteiger charge is 2.10. The Hall–Kier alpha value is -0.680. The van der Waals surface area contributed by atoms with E-state index in [0.29, 0.717) is 22.3 Å². The van der Waals surface area contributed by atoms with Crippen molar-refractivity contribution in [3.8, 4) is 0 Å². The monoisotopic (exact) mass is 316 g/mol. The number of carbonyl (C=O) groups is 1. The average molecular weight is 317 g/mol. The number of rotatable bonds is 6. The normalized spacial score (nSPS) is 10.2. The highest BCUT2D eigenvalue weighted by Crippen LogP contribution is 2.23. The Balaban J connectivity index is 2.44. The van der Waals surface area contributed by atoms with Crippen LogP contribution >= 0.6 is 27.7 Å². The Morgan fingerprint density at radius 2 is 2.24 bits per heavy atom. The van der Waals surface area contributed by atoms with Gasteiger partial charge in [-0.1, -0.05) is 6.07 Å². The summed E-state index contributed by atoms with van der Waals surface area (Å²) in [6, 6.07) is 5.31. The zero-order valence-electron chi connectivity index (χ0n) is 9.83. The zero-order valence-corrected chi connectivity index (χ0v) is 12.2. The van der Waals surface area contributed by atoms with Gasteiger partial charge in [-0.3, -0.25) is 4.79 Å². The molecule has 0 aromatic heterocycles. The van der Waals surface area contributed by atoms with Gasteiger partial charge in [0, 0.05) is 12.2 Å². The molecule has 0 radical (unpaired) electrons. The van der Waals surface area contributed by atoms with Crippen molar-refractivity contribution in [1.29, 1.82) is 0 Å². The molecule has 1 amide bonds. The smallest absolute Gasteiger partial charge is 0.252 e. The topological polar surface area (TPSA) is 55.1 Å². The number of anilines is 1. The summed E-state index contributed by atoms with van der Waals surface area (Å²) in [6.07, 6.45) is 4.22. The first-order chi connectivity index (χ1) is 8.16. The number of hydrogen-bond donors (Lipinski definition) is 2. The first kappa shape index (κ1) is 14.4. The number of amides is 1. The molecule has 0 spiro atoms. The lowest BCUT2D eigenvalue weighted by molar-refractivity contribution is 0.0952. The number of unbranched alkanes of at least 4 members (excludes halogenated alkanes) is 1. The molecule has 0 fully saturated rings. The molecular formula is C12H17BrN2OS. The first-order valence-corrected chi connectivity index (χ1v) is 7.66. The number of nitrogen functional groups attached to an aromatic ring is 1. The van der Waals surface area contributed by atoms with E-state index in [1.807, 2.05) is 11.8 Å². The molecule has 0 heterocycles. The van der Waals surface area contributed by atoms with Gasteiger partial charge < -0.3 is 11.1 Å². The van der Waals surface area contributed by atoms with Gasteiger partial charge in [0.15, 0.2) is 0 Å². The SMILES string of the molecule is CSCCCCNC(=O)c1cccc(N)c1Br. The lowest BCUT2D eigenvalue weighted by Crippen LogP contribution is -2.25. The van der Waals surface area contributed by atoms with E-state index in [0.717, 1.165) is 18.6 Å². The van der Waals surface area contributed by atoms with Crippen LogP contribution in [0.2, 0.25) is 0 Å². The van der Waals surface area contributed by atoms with Crippen LogP contribution in [0.15, 0.2) is 22.7 Å². The van der Waals surface area contributed by atoms with E-state index in [2.05, 4.69) is 27.5 Å². The number of halogens is 1. The fourth-order valence-electron chi connectivity index (χ4n) is 1.39. The predicted molar refractivity (Wildman–Crippen MR) is 78.5 cm³/mol. The van der Waals surface area contributed by atoms with Gasteiger partial charge in [0.25, 0.3) is 5.91 Å². The Kier molecular flexibility index (Phi) is 6.44. The van der Waals surface area contributed by atoms with Gasteiger partial charge in [0.05, 0.1) is 10.0 Å². The molecule has 0 aliphatic heterocycles. The summed E-state index contributed by atoms with van der Waals surface area (Å²) in [7, 11) is 0. The van der Waals surface area contributed by atoms with Crippen molar-refractivity contribution in [3.63, 3.8) is 0 Å². The van der Waals surface area contributed by atoms with Gasteiger partial charge in [0.1, 0.15) is 0 Å². The van der Waals surface area contributed by atoms with Gasteiger partial charge in [-0.2, -0.15) is 11.8 Å². The zero-order chi connectivity index (χ0) is 12.7. The van der Waals surface area contributed by atoms with Crippen LogP contribution in [-0.2, 0) is 0 Å². The van der Waals surface area contributed by atoms with Crippen molar-refractivity contribution in [1.82, 2.24) is 5.32 Å². The minimum Gasteiger partial charge on any atom is -0.398 e. The van der Waals surface area contributed by atoms with Crippen LogP contribution in [0.3, 0.4) is 0 Å². The summed E-state index contributed by atoms with van der Waals surface area (Å²) in [5.74, 6) is 1.06. The molecule has 5 heteroatoms. The molecule has 1 aromatic carbocycles. The van der Waals surface area contributed by atoms with E-state index >= 15 is 0 Å². The van der Waals surface area contributed by atoms with Crippen molar-refractivity contribution >= 4 is 39.3 Å². The third-order valence-corrected chi connectivity index (χ3v) is 3.92. The van der Waals surface area contributed by atoms with E-state index in [4.69, 9.17) is 5.73 Å². The fourth-order valence-corrected chi connectivity index (χ4v) is 2.33. The molecule has 3 N–H and O–H groups in total. The molecule has 94 valence electrons. The summed E-state index contributed by atoms with van der Waals surface area (Å²) in [4.78, 5) is 11.8. The van der Waals surface area contributed by atoms with E-state index in [-0.39, 0.29) is 5.91 Å². The Morgan fingerprint density at radius 1 is 1.47 bits per heavy atom. The molecule has 0 saturated heterocycles. The van der Waals surface area contributed by atoms with E-state index < -0.39 is 0 Å². The van der Waals surface area contributed by atoms with Crippen LogP contribution < -0.4 is 11.1 Å². The highest BCUT2D eigenvalue weighted by molar-refractivity contribution is 9.10. The first-order valence-electron chi connectivity index (χ1n) is 5.48. The van der Waals surface area contributed by atoms with Gasteiger partial charge in [-0.05, 0) is 52.9 Å². The van der Waals surface area contributed by atoms with Crippen LogP contribution in [0.5, 0.6) is 0 Å². The van der Waals surface area contributed by atoms with Crippen molar-refractivity contribution in [2.75, 3.05) is 24.3 Å². The highest BCUT2D eigenvalue weighted by atomic mass is 79.9. The molecule has 0 aliphatic rings. The van der Waals surface area contributed by atoms with Crippen LogP contribution in [-0.4, -0.2) is 24.5 Å². The summed E-state index contributed by atoms with van der Waals surface area (Å²) < 4.78 is 0.668. The maximum atomic E-state index is 11.8. The molecule has 17 heavy (non-hydrogen) atoms. The number of nitrogens with one attached hydrogen (secondary N) is 1. The van der Waals surface area contributed by atoms with Crippen LogP contribution in [0.25, 0.3) is 0 Å². The molecule has 0 bridgehead atoms. The minimum absolute atomic E-state index is 0.0756. The largest absolute Gasteiger partial charge is 0.398 e. The minimum atomic E-state index is -0.0756. The molecule has 0 unspecified atom stereocenters. The average Bonchev–Trinajstić information content (AvgIpc) is 2.32. The standard InChI is InChI=1S/C12H17BrN2OS/c1-17-8-3-2-7-15-12(16)9-5-4-6-10(14)11(9)13/h4-6H,2-3,7-8,14H2,1H3,(H,15,16). The molecule has 1 aromatic rings. The van der Waals surface area contributed by atoms with Gasteiger partial charge in [0.2, 0.25) is 0 Å². The maximum Gasteiger partial charge on any atom is 0.252 e. The number of benzene rings is 1. The van der Waals surface area contributed by atoms with Gasteiger partial charge in [-0.25, -0.2) is 0 Å². The second kappa shape index (κ2) is 7.61. The van der Waals surface area contributed by atoms with Crippen molar-refractivity contribution in [2.24, 2.45) is 0 Å². The summed E-state index contributed by atoms with van der Waals surface area (Å²) in [6.45, 7) is 0.709. The summed E-state index contributed by atoms with van der Waals surface area (Å²) in [5.41, 5.74) is 6.90.